The average Bonchev–Trinajstić information content (AvgIpc) is 3.16. The normalized spacial score (nSPS) is 14.4. The van der Waals surface area contributed by atoms with Crippen molar-refractivity contribution in [2.75, 3.05) is 43.4 Å². The number of hydrogen-bond acceptors (Lipinski definition) is 7. The fraction of sp³-hybridized carbons (Fsp3) is 0.296. The van der Waals surface area contributed by atoms with Crippen LogP contribution in [-0.4, -0.2) is 57.5 Å². The molecule has 2 aromatic heterocycles. The van der Waals surface area contributed by atoms with E-state index in [-0.39, 0.29) is 5.56 Å². The third kappa shape index (κ3) is 4.50. The summed E-state index contributed by atoms with van der Waals surface area (Å²) in [7, 11) is 2.16. The monoisotopic (exact) mass is 484 g/mol. The van der Waals surface area contributed by atoms with Crippen molar-refractivity contribution in [3.05, 3.63) is 82.8 Å². The molecule has 3 heterocycles. The number of anilines is 3. The highest BCUT2D eigenvalue weighted by atomic mass is 16.1. The molecule has 186 valence electrons. The van der Waals surface area contributed by atoms with Crippen LogP contribution in [0.5, 0.6) is 0 Å². The highest BCUT2D eigenvalue weighted by Gasteiger charge is 2.18. The summed E-state index contributed by atoms with van der Waals surface area (Å²) in [5.41, 5.74) is 11.3. The molecule has 0 unspecified atom stereocenters. The molecule has 4 aromatic rings. The maximum absolute atomic E-state index is 13.2. The Morgan fingerprint density at radius 2 is 1.94 bits per heavy atom. The molecule has 0 spiro atoms. The van der Waals surface area contributed by atoms with Gasteiger partial charge in [-0.2, -0.15) is 4.98 Å². The van der Waals surface area contributed by atoms with Gasteiger partial charge in [0.05, 0.1) is 12.2 Å². The highest BCUT2D eigenvalue weighted by molar-refractivity contribution is 5.77. The van der Waals surface area contributed by atoms with Gasteiger partial charge in [0, 0.05) is 50.3 Å². The zero-order valence-corrected chi connectivity index (χ0v) is 20.8. The molecule has 0 saturated carbocycles. The van der Waals surface area contributed by atoms with Crippen LogP contribution in [-0.2, 0) is 13.1 Å². The molecule has 2 aromatic carbocycles. The lowest BCUT2D eigenvalue weighted by molar-refractivity contribution is 0.312. The fourth-order valence-electron chi connectivity index (χ4n) is 4.72. The van der Waals surface area contributed by atoms with Crippen LogP contribution >= 0.6 is 0 Å². The van der Waals surface area contributed by atoms with E-state index in [2.05, 4.69) is 58.9 Å². The van der Waals surface area contributed by atoms with E-state index in [0.717, 1.165) is 43.1 Å². The molecule has 0 bridgehead atoms. The van der Waals surface area contributed by atoms with Gasteiger partial charge >= 0.3 is 0 Å². The first-order valence-electron chi connectivity index (χ1n) is 12.2. The molecule has 1 aliphatic rings. The van der Waals surface area contributed by atoms with E-state index >= 15 is 0 Å². The number of aromatic nitrogens is 4. The maximum Gasteiger partial charge on any atom is 0.278 e. The van der Waals surface area contributed by atoms with Crippen molar-refractivity contribution in [1.82, 2.24) is 24.2 Å². The Labute approximate surface area is 210 Å². The van der Waals surface area contributed by atoms with Crippen molar-refractivity contribution < 1.29 is 0 Å². The van der Waals surface area contributed by atoms with E-state index in [1.807, 2.05) is 28.9 Å². The van der Waals surface area contributed by atoms with Gasteiger partial charge in [-0.25, -0.2) is 14.3 Å². The number of allylic oxidation sites excluding steroid dienone is 1. The summed E-state index contributed by atoms with van der Waals surface area (Å²) in [6, 6.07) is 14.1. The molecule has 36 heavy (non-hydrogen) atoms. The van der Waals surface area contributed by atoms with Crippen LogP contribution in [0.3, 0.4) is 0 Å². The molecule has 1 saturated heterocycles. The van der Waals surface area contributed by atoms with Crippen molar-refractivity contribution >= 4 is 28.4 Å². The number of benzene rings is 2. The second-order valence-corrected chi connectivity index (χ2v) is 9.21. The van der Waals surface area contributed by atoms with Crippen LogP contribution < -0.4 is 21.5 Å². The van der Waals surface area contributed by atoms with Gasteiger partial charge in [-0.05, 0) is 55.4 Å². The number of fused-ring (bicyclic) bond motifs is 1. The maximum atomic E-state index is 13.2. The smallest absolute Gasteiger partial charge is 0.278 e. The van der Waals surface area contributed by atoms with Gasteiger partial charge in [-0.1, -0.05) is 18.2 Å². The Morgan fingerprint density at radius 1 is 1.14 bits per heavy atom. The predicted octanol–water partition coefficient (Wildman–Crippen LogP) is 3.03. The van der Waals surface area contributed by atoms with Gasteiger partial charge in [0.2, 0.25) is 5.95 Å². The number of nitrogens with one attached hydrogen (secondary N) is 1. The summed E-state index contributed by atoms with van der Waals surface area (Å²) in [6.45, 7) is 10.9. The first-order valence-corrected chi connectivity index (χ1v) is 12.2. The summed E-state index contributed by atoms with van der Waals surface area (Å²) in [5.74, 6) is 0.425. The molecular weight excluding hydrogens is 452 g/mol. The summed E-state index contributed by atoms with van der Waals surface area (Å²) < 4.78 is 3.42. The molecule has 3 N–H and O–H groups in total. The topological polar surface area (TPSA) is 97.2 Å². The van der Waals surface area contributed by atoms with Crippen molar-refractivity contribution in [2.45, 2.75) is 20.0 Å². The fourth-order valence-corrected chi connectivity index (χ4v) is 4.72. The van der Waals surface area contributed by atoms with Gasteiger partial charge < -0.3 is 20.9 Å². The molecule has 0 radical (unpaired) electrons. The highest BCUT2D eigenvalue weighted by Crippen LogP contribution is 2.26. The molecule has 0 atom stereocenters. The predicted molar refractivity (Wildman–Crippen MR) is 145 cm³/mol. The quantitative estimate of drug-likeness (QED) is 0.389. The van der Waals surface area contributed by atoms with Gasteiger partial charge in [0.25, 0.3) is 5.56 Å². The van der Waals surface area contributed by atoms with Crippen LogP contribution in [0, 0.1) is 6.92 Å². The summed E-state index contributed by atoms with van der Waals surface area (Å²) in [6.07, 6.45) is 3.28. The lowest BCUT2D eigenvalue weighted by Crippen LogP contribution is -2.44. The first kappa shape index (κ1) is 23.8. The Kier molecular flexibility index (Phi) is 6.58. The van der Waals surface area contributed by atoms with E-state index < -0.39 is 0 Å². The van der Waals surface area contributed by atoms with Crippen LogP contribution in [0.25, 0.3) is 16.7 Å². The Bertz CT molecular complexity index is 1460. The molecule has 9 nitrogen and oxygen atoms in total. The van der Waals surface area contributed by atoms with Crippen molar-refractivity contribution in [3.8, 4) is 5.69 Å². The van der Waals surface area contributed by atoms with Gasteiger partial charge in [0.1, 0.15) is 5.39 Å². The molecule has 9 heteroatoms. The van der Waals surface area contributed by atoms with Crippen molar-refractivity contribution in [3.63, 3.8) is 0 Å². The molecular formula is C27H32N8O. The van der Waals surface area contributed by atoms with E-state index in [9.17, 15) is 4.79 Å². The number of hydrogen-bond donors (Lipinski definition) is 2. The summed E-state index contributed by atoms with van der Waals surface area (Å²) in [5, 5.41) is 3.77. The lowest BCUT2D eigenvalue weighted by atomic mass is 10.1. The minimum absolute atomic E-state index is 0.165. The lowest BCUT2D eigenvalue weighted by Gasteiger charge is -2.35. The SMILES string of the molecule is C=CCn1c(=O)c2cnc(Nc3ccc(N4CCN(C)CC4)c(C)c3)nc2n1-c1cccc(CN)c1. The number of rotatable bonds is 7. The Morgan fingerprint density at radius 3 is 2.67 bits per heavy atom. The van der Waals surface area contributed by atoms with E-state index in [4.69, 9.17) is 10.7 Å². The standard InChI is InChI=1S/C27H32N8O/c1-4-10-34-26(36)23-18-29-27(31-25(23)35(34)22-7-5-6-20(16-22)17-28)30-21-8-9-24(19(2)15-21)33-13-11-32(3)12-14-33/h4-9,15-16,18H,1,10-14,17,28H2,2-3H3,(H,29,30,31). The molecule has 0 amide bonds. The van der Waals surface area contributed by atoms with Gasteiger partial charge in [0.15, 0.2) is 5.65 Å². The zero-order valence-electron chi connectivity index (χ0n) is 20.8. The van der Waals surface area contributed by atoms with Gasteiger partial charge in [-0.15, -0.1) is 6.58 Å². The Hall–Kier alpha value is -3.95. The summed E-state index contributed by atoms with van der Waals surface area (Å²) in [4.78, 5) is 27.1. The van der Waals surface area contributed by atoms with Crippen molar-refractivity contribution in [2.24, 2.45) is 5.73 Å². The molecule has 1 aliphatic heterocycles. The average molecular weight is 485 g/mol. The second-order valence-electron chi connectivity index (χ2n) is 9.21. The van der Waals surface area contributed by atoms with Gasteiger partial charge in [-0.3, -0.25) is 4.79 Å². The molecule has 0 aliphatic carbocycles. The third-order valence-electron chi connectivity index (χ3n) is 6.67. The minimum atomic E-state index is -0.165. The number of nitrogens with two attached hydrogens (primary N) is 1. The number of piperazine rings is 1. The number of nitrogens with zero attached hydrogens (tertiary/aromatic N) is 6. The number of likely N-dealkylation sites (N-methyl/N-ethyl adjacent to an activating group) is 1. The summed E-state index contributed by atoms with van der Waals surface area (Å²) >= 11 is 0. The van der Waals surface area contributed by atoms with E-state index in [1.54, 1.807) is 17.0 Å². The van der Waals surface area contributed by atoms with Crippen LogP contribution in [0.1, 0.15) is 11.1 Å². The zero-order chi connectivity index (χ0) is 25.2. The first-order chi connectivity index (χ1) is 17.5. The minimum Gasteiger partial charge on any atom is -0.369 e. The van der Waals surface area contributed by atoms with Crippen LogP contribution in [0.4, 0.5) is 17.3 Å². The third-order valence-corrected chi connectivity index (χ3v) is 6.67. The Balaban J connectivity index is 1.50. The van der Waals surface area contributed by atoms with Crippen molar-refractivity contribution in [1.29, 1.82) is 0 Å². The largest absolute Gasteiger partial charge is 0.369 e. The second kappa shape index (κ2) is 9.96. The van der Waals surface area contributed by atoms with E-state index in [1.165, 1.54) is 11.3 Å². The number of aryl methyl sites for hydroxylation is 1. The molecule has 1 fully saturated rings. The van der Waals surface area contributed by atoms with E-state index in [0.29, 0.717) is 30.1 Å². The van der Waals surface area contributed by atoms with Crippen LogP contribution in [0.2, 0.25) is 0 Å². The molecule has 5 rings (SSSR count). The van der Waals surface area contributed by atoms with Crippen LogP contribution in [0.15, 0.2) is 66.1 Å².